The molecular formula is C19H22N2O3S2. The van der Waals surface area contributed by atoms with Crippen LogP contribution in [0.4, 0.5) is 5.69 Å². The first kappa shape index (κ1) is 18.9. The van der Waals surface area contributed by atoms with Crippen molar-refractivity contribution in [1.29, 1.82) is 0 Å². The van der Waals surface area contributed by atoms with E-state index in [4.69, 9.17) is 17.3 Å². The first-order valence-electron chi connectivity index (χ1n) is 8.70. The Morgan fingerprint density at radius 2 is 2.08 bits per heavy atom. The number of thiocarbonyl (C=S) groups is 1. The van der Waals surface area contributed by atoms with Crippen molar-refractivity contribution in [3.8, 4) is 0 Å². The lowest BCUT2D eigenvalue weighted by Gasteiger charge is -2.29. The van der Waals surface area contributed by atoms with Crippen molar-refractivity contribution >= 4 is 51.9 Å². The van der Waals surface area contributed by atoms with E-state index in [0.717, 1.165) is 34.6 Å². The molecule has 7 heteroatoms. The van der Waals surface area contributed by atoms with Gasteiger partial charge in [0, 0.05) is 18.8 Å². The highest BCUT2D eigenvalue weighted by molar-refractivity contribution is 8.26. The summed E-state index contributed by atoms with van der Waals surface area (Å²) in [4.78, 5) is 27.1. The molecule has 26 heavy (non-hydrogen) atoms. The number of carbonyl (C=O) groups is 2. The highest BCUT2D eigenvalue weighted by atomic mass is 32.2. The average molecular weight is 391 g/mol. The minimum Gasteiger partial charge on any atom is -0.480 e. The Kier molecular flexibility index (Phi) is 5.67. The molecule has 2 aliphatic rings. The van der Waals surface area contributed by atoms with Gasteiger partial charge in [-0.15, -0.1) is 0 Å². The van der Waals surface area contributed by atoms with Gasteiger partial charge in [0.15, 0.2) is 0 Å². The third kappa shape index (κ3) is 4.10. The zero-order valence-corrected chi connectivity index (χ0v) is 16.5. The average Bonchev–Trinajstić information content (AvgIpc) is 3.40. The van der Waals surface area contributed by atoms with Crippen LogP contribution in [-0.2, 0) is 9.59 Å². The zero-order chi connectivity index (χ0) is 18.8. The number of aliphatic carboxylic acids is 1. The summed E-state index contributed by atoms with van der Waals surface area (Å²) < 4.78 is 0.287. The van der Waals surface area contributed by atoms with Crippen molar-refractivity contribution in [3.63, 3.8) is 0 Å². The lowest BCUT2D eigenvalue weighted by Crippen LogP contribution is -2.33. The second-order valence-corrected chi connectivity index (χ2v) is 8.35. The summed E-state index contributed by atoms with van der Waals surface area (Å²) in [5.41, 5.74) is 2.07. The van der Waals surface area contributed by atoms with Crippen molar-refractivity contribution in [2.75, 3.05) is 18.5 Å². The van der Waals surface area contributed by atoms with E-state index in [-0.39, 0.29) is 10.2 Å². The molecule has 1 N–H and O–H groups in total. The van der Waals surface area contributed by atoms with Gasteiger partial charge in [0.25, 0.3) is 5.91 Å². The van der Waals surface area contributed by atoms with Gasteiger partial charge in [-0.3, -0.25) is 14.5 Å². The molecule has 1 unspecified atom stereocenters. The third-order valence-corrected chi connectivity index (χ3v) is 6.22. The highest BCUT2D eigenvalue weighted by Gasteiger charge is 2.34. The molecule has 1 aliphatic carbocycles. The van der Waals surface area contributed by atoms with Crippen LogP contribution in [0.2, 0.25) is 0 Å². The Morgan fingerprint density at radius 3 is 2.62 bits per heavy atom. The molecule has 0 spiro atoms. The van der Waals surface area contributed by atoms with Gasteiger partial charge in [-0.25, -0.2) is 0 Å². The summed E-state index contributed by atoms with van der Waals surface area (Å²) in [5, 5.41) is 8.89. The number of carbonyl (C=O) groups excluding carboxylic acids is 1. The van der Waals surface area contributed by atoms with Crippen LogP contribution in [0.1, 0.15) is 31.7 Å². The van der Waals surface area contributed by atoms with Crippen LogP contribution in [0.15, 0.2) is 29.2 Å². The largest absolute Gasteiger partial charge is 0.480 e. The maximum atomic E-state index is 12.3. The Morgan fingerprint density at radius 1 is 1.42 bits per heavy atom. The predicted octanol–water partition coefficient (Wildman–Crippen LogP) is 3.60. The fraction of sp³-hybridized carbons (Fsp3) is 0.421. The molecule has 0 bridgehead atoms. The second kappa shape index (κ2) is 7.80. The number of benzene rings is 1. The maximum absolute atomic E-state index is 12.3. The quantitative estimate of drug-likeness (QED) is 0.567. The summed E-state index contributed by atoms with van der Waals surface area (Å²) >= 11 is 6.26. The molecule has 1 saturated heterocycles. The highest BCUT2D eigenvalue weighted by Crippen LogP contribution is 2.38. The van der Waals surface area contributed by atoms with Gasteiger partial charge in [0.2, 0.25) is 0 Å². The van der Waals surface area contributed by atoms with E-state index in [2.05, 4.69) is 31.0 Å². The molecule has 1 aliphatic heterocycles. The second-order valence-electron chi connectivity index (χ2n) is 6.68. The topological polar surface area (TPSA) is 60.9 Å². The smallest absolute Gasteiger partial charge is 0.323 e. The number of carboxylic acids is 1. The normalized spacial score (nSPS) is 19.9. The van der Waals surface area contributed by atoms with Gasteiger partial charge in [-0.05, 0) is 49.0 Å². The number of hydrogen-bond donors (Lipinski definition) is 1. The zero-order valence-electron chi connectivity index (χ0n) is 14.8. The summed E-state index contributed by atoms with van der Waals surface area (Å²) in [5.74, 6) is -0.611. The standard InChI is InChI=1S/C19H22N2O3S2/c1-3-15(13-6-7-13)20(2)14-8-4-12(5-9-14)10-16-18(24)21(11-17(22)23)19(25)26-16/h4-5,8-10,13,15H,3,6-7,11H2,1-2H3,(H,22,23)/b16-10-. The minimum atomic E-state index is -1.07. The van der Waals surface area contributed by atoms with Crippen molar-refractivity contribution < 1.29 is 14.7 Å². The molecular weight excluding hydrogens is 368 g/mol. The first-order valence-corrected chi connectivity index (χ1v) is 9.93. The SMILES string of the molecule is CCC(C1CC1)N(C)c1ccc(/C=C2\SC(=S)N(CC(=O)O)C2=O)cc1. The number of thioether (sulfide) groups is 1. The number of carboxylic acid groups (broad SMARTS) is 1. The summed E-state index contributed by atoms with van der Waals surface area (Å²) in [7, 11) is 2.14. The molecule has 3 rings (SSSR count). The molecule has 138 valence electrons. The molecule has 1 atom stereocenters. The van der Waals surface area contributed by atoms with Crippen LogP contribution >= 0.6 is 24.0 Å². The monoisotopic (exact) mass is 390 g/mol. The van der Waals surface area contributed by atoms with Gasteiger partial charge >= 0.3 is 5.97 Å². The van der Waals surface area contributed by atoms with E-state index in [1.54, 1.807) is 6.08 Å². The van der Waals surface area contributed by atoms with Gasteiger partial charge in [-0.1, -0.05) is 43.0 Å². The third-order valence-electron chi connectivity index (χ3n) is 4.85. The van der Waals surface area contributed by atoms with Gasteiger partial charge < -0.3 is 10.0 Å². The number of anilines is 1. The van der Waals surface area contributed by atoms with Crippen LogP contribution in [0, 0.1) is 5.92 Å². The number of rotatable bonds is 7. The summed E-state index contributed by atoms with van der Waals surface area (Å²) in [6.45, 7) is 1.83. The molecule has 1 heterocycles. The lowest BCUT2D eigenvalue weighted by atomic mass is 10.1. The number of amides is 1. The van der Waals surface area contributed by atoms with Crippen molar-refractivity contribution in [3.05, 3.63) is 34.7 Å². The van der Waals surface area contributed by atoms with Gasteiger partial charge in [0.1, 0.15) is 10.9 Å². The molecule has 1 saturated carbocycles. The van der Waals surface area contributed by atoms with E-state index in [1.807, 2.05) is 12.1 Å². The summed E-state index contributed by atoms with van der Waals surface area (Å²) in [6.07, 6.45) is 5.54. The Labute approximate surface area is 163 Å². The van der Waals surface area contributed by atoms with E-state index < -0.39 is 12.5 Å². The van der Waals surface area contributed by atoms with E-state index in [9.17, 15) is 9.59 Å². The van der Waals surface area contributed by atoms with Crippen molar-refractivity contribution in [2.45, 2.75) is 32.2 Å². The van der Waals surface area contributed by atoms with Crippen molar-refractivity contribution in [2.24, 2.45) is 5.92 Å². The number of nitrogens with zero attached hydrogens (tertiary/aromatic N) is 2. The Balaban J connectivity index is 1.72. The lowest BCUT2D eigenvalue weighted by molar-refractivity contribution is -0.140. The molecule has 0 aromatic heterocycles. The molecule has 1 aromatic rings. The first-order chi connectivity index (χ1) is 12.4. The number of hydrogen-bond acceptors (Lipinski definition) is 5. The van der Waals surface area contributed by atoms with Crippen LogP contribution in [0.5, 0.6) is 0 Å². The fourth-order valence-corrected chi connectivity index (χ4v) is 4.58. The van der Waals surface area contributed by atoms with E-state index in [0.29, 0.717) is 10.9 Å². The van der Waals surface area contributed by atoms with E-state index >= 15 is 0 Å². The van der Waals surface area contributed by atoms with Crippen LogP contribution in [-0.4, -0.2) is 45.8 Å². The molecule has 2 fully saturated rings. The molecule has 0 radical (unpaired) electrons. The molecule has 1 aromatic carbocycles. The Bertz CT molecular complexity index is 757. The van der Waals surface area contributed by atoms with Gasteiger partial charge in [0.05, 0.1) is 4.91 Å². The summed E-state index contributed by atoms with van der Waals surface area (Å²) in [6, 6.07) is 8.67. The van der Waals surface area contributed by atoms with Crippen LogP contribution < -0.4 is 4.90 Å². The van der Waals surface area contributed by atoms with Gasteiger partial charge in [-0.2, -0.15) is 0 Å². The minimum absolute atomic E-state index is 0.287. The van der Waals surface area contributed by atoms with Crippen LogP contribution in [0.3, 0.4) is 0 Å². The molecule has 5 nitrogen and oxygen atoms in total. The fourth-order valence-electron chi connectivity index (χ4n) is 3.32. The predicted molar refractivity (Wildman–Crippen MR) is 109 cm³/mol. The molecule has 1 amide bonds. The van der Waals surface area contributed by atoms with Crippen LogP contribution in [0.25, 0.3) is 6.08 Å². The van der Waals surface area contributed by atoms with Crippen molar-refractivity contribution in [1.82, 2.24) is 4.90 Å². The Hall–Kier alpha value is -1.86. The maximum Gasteiger partial charge on any atom is 0.323 e. The van der Waals surface area contributed by atoms with E-state index in [1.165, 1.54) is 18.5 Å².